The second kappa shape index (κ2) is 9.05. The van der Waals surface area contributed by atoms with Gasteiger partial charge in [-0.25, -0.2) is 9.37 Å². The molecule has 3 aromatic rings. The van der Waals surface area contributed by atoms with Crippen molar-refractivity contribution in [2.45, 2.75) is 6.61 Å². The molecule has 2 aromatic carbocycles. The first-order valence-corrected chi connectivity index (χ1v) is 8.88. The molecule has 0 aliphatic heterocycles. The molecule has 0 fully saturated rings. The highest BCUT2D eigenvalue weighted by molar-refractivity contribution is 9.10. The summed E-state index contributed by atoms with van der Waals surface area (Å²) in [5.41, 5.74) is 3.57. The molecule has 0 aliphatic rings. The maximum absolute atomic E-state index is 13.7. The predicted octanol–water partition coefficient (Wildman–Crippen LogP) is 4.92. The Morgan fingerprint density at radius 2 is 2.07 bits per heavy atom. The molecule has 0 unspecified atom stereocenters. The Morgan fingerprint density at radius 1 is 1.25 bits per heavy atom. The topological polar surface area (TPSA) is 89.7 Å². The SMILES string of the molecule is O=[N+]([O-])c1cccnc1N/N=C\c1ccc(OCc2ccccc2F)c(Br)c1. The van der Waals surface area contributed by atoms with Crippen LogP contribution in [0.3, 0.4) is 0 Å². The van der Waals surface area contributed by atoms with Crippen LogP contribution < -0.4 is 10.2 Å². The number of benzene rings is 2. The summed E-state index contributed by atoms with van der Waals surface area (Å²) in [7, 11) is 0. The summed E-state index contributed by atoms with van der Waals surface area (Å²) in [5.74, 6) is 0.276. The number of halogens is 2. The maximum atomic E-state index is 13.7. The fraction of sp³-hybridized carbons (Fsp3) is 0.0526. The van der Waals surface area contributed by atoms with Crippen molar-refractivity contribution in [1.82, 2.24) is 4.98 Å². The molecule has 1 aromatic heterocycles. The standard InChI is InChI=1S/C19H14BrFN4O3/c20-15-10-13(11-23-24-19-17(25(26)27)6-3-9-22-19)7-8-18(15)28-12-14-4-1-2-5-16(14)21/h1-11H,12H2,(H,22,24)/b23-11-. The van der Waals surface area contributed by atoms with E-state index in [1.165, 1.54) is 30.6 Å². The minimum Gasteiger partial charge on any atom is -0.488 e. The minimum absolute atomic E-state index is 0.0488. The number of nitrogens with one attached hydrogen (secondary N) is 1. The van der Waals surface area contributed by atoms with Gasteiger partial charge >= 0.3 is 5.69 Å². The summed E-state index contributed by atoms with van der Waals surface area (Å²) in [4.78, 5) is 14.3. The van der Waals surface area contributed by atoms with Crippen molar-refractivity contribution in [2.75, 3.05) is 5.43 Å². The van der Waals surface area contributed by atoms with Crippen LogP contribution >= 0.6 is 15.9 Å². The summed E-state index contributed by atoms with van der Waals surface area (Å²) >= 11 is 3.40. The van der Waals surface area contributed by atoms with E-state index >= 15 is 0 Å². The lowest BCUT2D eigenvalue weighted by Gasteiger charge is -2.09. The van der Waals surface area contributed by atoms with Crippen LogP contribution in [-0.2, 0) is 6.61 Å². The lowest BCUT2D eigenvalue weighted by atomic mass is 10.2. The molecule has 0 amide bonds. The highest BCUT2D eigenvalue weighted by Gasteiger charge is 2.13. The maximum Gasteiger partial charge on any atom is 0.313 e. The zero-order chi connectivity index (χ0) is 19.9. The fourth-order valence-corrected chi connectivity index (χ4v) is 2.79. The van der Waals surface area contributed by atoms with Crippen molar-refractivity contribution in [2.24, 2.45) is 5.10 Å². The second-order valence-corrected chi connectivity index (χ2v) is 6.42. The fourth-order valence-electron chi connectivity index (χ4n) is 2.28. The van der Waals surface area contributed by atoms with Crippen LogP contribution in [0.4, 0.5) is 15.9 Å². The molecule has 9 heteroatoms. The summed E-state index contributed by atoms with van der Waals surface area (Å²) in [6.45, 7) is 0.101. The summed E-state index contributed by atoms with van der Waals surface area (Å²) in [6.07, 6.45) is 2.92. The van der Waals surface area contributed by atoms with E-state index in [0.717, 1.165) is 5.56 Å². The number of ether oxygens (including phenoxy) is 1. The second-order valence-electron chi connectivity index (χ2n) is 5.57. The number of anilines is 1. The highest BCUT2D eigenvalue weighted by atomic mass is 79.9. The first-order valence-electron chi connectivity index (χ1n) is 8.09. The molecule has 0 spiro atoms. The smallest absolute Gasteiger partial charge is 0.313 e. The van der Waals surface area contributed by atoms with E-state index in [1.807, 2.05) is 0 Å². The lowest BCUT2D eigenvalue weighted by molar-refractivity contribution is -0.384. The van der Waals surface area contributed by atoms with Crippen molar-refractivity contribution in [3.8, 4) is 5.75 Å². The normalized spacial score (nSPS) is 10.8. The van der Waals surface area contributed by atoms with E-state index in [2.05, 4.69) is 31.4 Å². The molecule has 0 saturated carbocycles. The van der Waals surface area contributed by atoms with Crippen molar-refractivity contribution in [1.29, 1.82) is 0 Å². The molecule has 3 rings (SSSR count). The Hall–Kier alpha value is -3.33. The van der Waals surface area contributed by atoms with Gasteiger partial charge in [0.1, 0.15) is 18.2 Å². The van der Waals surface area contributed by atoms with E-state index in [0.29, 0.717) is 15.8 Å². The number of hydrogen-bond acceptors (Lipinski definition) is 6. The first kappa shape index (κ1) is 19.4. The van der Waals surface area contributed by atoms with Crippen LogP contribution in [0.25, 0.3) is 0 Å². The highest BCUT2D eigenvalue weighted by Crippen LogP contribution is 2.27. The minimum atomic E-state index is -0.539. The van der Waals surface area contributed by atoms with Gasteiger partial charge in [-0.05, 0) is 51.8 Å². The van der Waals surface area contributed by atoms with Gasteiger partial charge in [-0.1, -0.05) is 18.2 Å². The summed E-state index contributed by atoms with van der Waals surface area (Å²) < 4.78 is 20.0. The third-order valence-electron chi connectivity index (χ3n) is 3.66. The van der Waals surface area contributed by atoms with Crippen LogP contribution in [0.2, 0.25) is 0 Å². The molecule has 0 atom stereocenters. The van der Waals surface area contributed by atoms with E-state index in [-0.39, 0.29) is 23.9 Å². The molecule has 28 heavy (non-hydrogen) atoms. The monoisotopic (exact) mass is 444 g/mol. The Bertz CT molecular complexity index is 1030. The van der Waals surface area contributed by atoms with Gasteiger partial charge in [-0.2, -0.15) is 5.10 Å². The third kappa shape index (κ3) is 4.89. The Labute approximate surface area is 168 Å². The number of hydrogen-bond donors (Lipinski definition) is 1. The van der Waals surface area contributed by atoms with Crippen LogP contribution in [0.1, 0.15) is 11.1 Å². The van der Waals surface area contributed by atoms with Crippen molar-refractivity contribution in [3.63, 3.8) is 0 Å². The van der Waals surface area contributed by atoms with Gasteiger partial charge in [0, 0.05) is 17.8 Å². The quantitative estimate of drug-likeness (QED) is 0.317. The van der Waals surface area contributed by atoms with Crippen LogP contribution in [-0.4, -0.2) is 16.1 Å². The number of nitrogens with zero attached hydrogens (tertiary/aromatic N) is 3. The lowest BCUT2D eigenvalue weighted by Crippen LogP contribution is -2.00. The van der Waals surface area contributed by atoms with Gasteiger partial charge in [-0.3, -0.25) is 15.5 Å². The Morgan fingerprint density at radius 3 is 2.82 bits per heavy atom. The zero-order valence-corrected chi connectivity index (χ0v) is 16.0. The van der Waals surface area contributed by atoms with E-state index in [1.54, 1.807) is 36.4 Å². The van der Waals surface area contributed by atoms with Gasteiger partial charge in [0.05, 0.1) is 15.6 Å². The number of hydrazone groups is 1. The number of rotatable bonds is 7. The predicted molar refractivity (Wildman–Crippen MR) is 107 cm³/mol. The molecule has 1 N–H and O–H groups in total. The largest absolute Gasteiger partial charge is 0.488 e. The van der Waals surface area contributed by atoms with Gasteiger partial charge in [0.2, 0.25) is 5.82 Å². The molecule has 0 bridgehead atoms. The van der Waals surface area contributed by atoms with E-state index < -0.39 is 4.92 Å². The van der Waals surface area contributed by atoms with Gasteiger partial charge in [-0.15, -0.1) is 0 Å². The molecule has 0 saturated heterocycles. The average molecular weight is 445 g/mol. The van der Waals surface area contributed by atoms with Crippen LogP contribution in [0.5, 0.6) is 5.75 Å². The molecular weight excluding hydrogens is 431 g/mol. The molecule has 7 nitrogen and oxygen atoms in total. The molecule has 142 valence electrons. The van der Waals surface area contributed by atoms with Crippen molar-refractivity contribution < 1.29 is 14.1 Å². The average Bonchev–Trinajstić information content (AvgIpc) is 2.69. The number of nitro groups is 1. The van der Waals surface area contributed by atoms with Crippen LogP contribution in [0, 0.1) is 15.9 Å². The summed E-state index contributed by atoms with van der Waals surface area (Å²) in [6, 6.07) is 14.4. The number of aromatic nitrogens is 1. The molecule has 0 aliphatic carbocycles. The number of pyridine rings is 1. The zero-order valence-electron chi connectivity index (χ0n) is 14.4. The molecular formula is C19H14BrFN4O3. The van der Waals surface area contributed by atoms with Crippen molar-refractivity contribution >= 4 is 33.6 Å². The molecule has 1 heterocycles. The van der Waals surface area contributed by atoms with Crippen molar-refractivity contribution in [3.05, 3.63) is 92.3 Å². The van der Waals surface area contributed by atoms with Gasteiger partial charge in [0.25, 0.3) is 0 Å². The van der Waals surface area contributed by atoms with E-state index in [9.17, 15) is 14.5 Å². The van der Waals surface area contributed by atoms with E-state index in [4.69, 9.17) is 4.74 Å². The van der Waals surface area contributed by atoms with Gasteiger partial charge < -0.3 is 4.74 Å². The Balaban J connectivity index is 1.65. The third-order valence-corrected chi connectivity index (χ3v) is 4.28. The summed E-state index contributed by atoms with van der Waals surface area (Å²) in [5, 5.41) is 14.9. The molecule has 0 radical (unpaired) electrons. The Kier molecular flexibility index (Phi) is 6.28. The first-order chi connectivity index (χ1) is 13.5. The van der Waals surface area contributed by atoms with Crippen LogP contribution in [0.15, 0.2) is 70.4 Å². The van der Waals surface area contributed by atoms with Gasteiger partial charge in [0.15, 0.2) is 0 Å².